The molecular weight excluding hydrogens is 612 g/mol. The predicted molar refractivity (Wildman–Crippen MR) is 173 cm³/mol. The quantitative estimate of drug-likeness (QED) is 0.0414. The third-order valence-electron chi connectivity index (χ3n) is 6.32. The molecule has 0 spiro atoms. The number of esters is 2. The van der Waals surface area contributed by atoms with Gasteiger partial charge in [-0.1, -0.05) is 36.4 Å². The molecule has 0 N–H and O–H groups in total. The first-order valence-electron chi connectivity index (χ1n) is 16.6. The van der Waals surface area contributed by atoms with Gasteiger partial charge in [0.05, 0.1) is 52.9 Å². The van der Waals surface area contributed by atoms with Gasteiger partial charge >= 0.3 is 11.9 Å². The first kappa shape index (κ1) is 39.9. The van der Waals surface area contributed by atoms with Crippen molar-refractivity contribution in [1.82, 2.24) is 0 Å². The minimum Gasteiger partial charge on any atom is -0.466 e. The van der Waals surface area contributed by atoms with E-state index < -0.39 is 0 Å². The third kappa shape index (κ3) is 25.5. The van der Waals surface area contributed by atoms with Gasteiger partial charge in [-0.15, -0.1) is 0 Å². The summed E-state index contributed by atoms with van der Waals surface area (Å²) in [4.78, 5) is 44.1. The number of para-hydroxylation sites is 2. The van der Waals surface area contributed by atoms with Crippen LogP contribution >= 0.6 is 0 Å². The molecule has 264 valence electrons. The van der Waals surface area contributed by atoms with E-state index in [2.05, 4.69) is 0 Å². The highest BCUT2D eigenvalue weighted by Crippen LogP contribution is 2.09. The van der Waals surface area contributed by atoms with Gasteiger partial charge in [0.2, 0.25) is 0 Å². The van der Waals surface area contributed by atoms with Crippen molar-refractivity contribution in [3.05, 3.63) is 60.7 Å². The topological polar surface area (TPSA) is 126 Å². The summed E-state index contributed by atoms with van der Waals surface area (Å²) in [5.74, 6) is 0.718. The maximum atomic E-state index is 11.9. The lowest BCUT2D eigenvalue weighted by molar-refractivity contribution is -0.215. The maximum absolute atomic E-state index is 11.9. The molecule has 12 nitrogen and oxygen atoms in total. The third-order valence-corrected chi connectivity index (χ3v) is 6.32. The van der Waals surface area contributed by atoms with E-state index in [0.717, 1.165) is 38.5 Å². The van der Waals surface area contributed by atoms with Crippen LogP contribution in [0.4, 0.5) is 0 Å². The Kier molecular flexibility index (Phi) is 25.6. The van der Waals surface area contributed by atoms with Crippen LogP contribution in [0.3, 0.4) is 0 Å². The fraction of sp³-hybridized carbons (Fsp3) is 0.600. The fourth-order valence-corrected chi connectivity index (χ4v) is 3.86. The maximum Gasteiger partial charge on any atom is 0.305 e. The number of carbonyl (C=O) groups excluding carboxylic acids is 2. The van der Waals surface area contributed by atoms with Gasteiger partial charge in [0.25, 0.3) is 0 Å². The molecule has 2 rings (SSSR count). The Labute approximate surface area is 278 Å². The molecule has 12 heteroatoms. The van der Waals surface area contributed by atoms with Crippen molar-refractivity contribution in [3.8, 4) is 11.5 Å². The second-order valence-electron chi connectivity index (χ2n) is 10.3. The van der Waals surface area contributed by atoms with E-state index in [1.165, 1.54) is 0 Å². The van der Waals surface area contributed by atoms with Crippen LogP contribution in [-0.4, -0.2) is 91.2 Å². The van der Waals surface area contributed by atoms with Gasteiger partial charge in [-0.25, -0.2) is 0 Å². The van der Waals surface area contributed by atoms with Crippen LogP contribution in [-0.2, 0) is 47.8 Å². The van der Waals surface area contributed by atoms with Gasteiger partial charge in [-0.3, -0.25) is 9.59 Å². The van der Waals surface area contributed by atoms with Gasteiger partial charge in [-0.05, 0) is 69.2 Å². The summed E-state index contributed by atoms with van der Waals surface area (Å²) >= 11 is 0. The number of carbonyl (C=O) groups is 2. The van der Waals surface area contributed by atoms with Crippen LogP contribution in [0.5, 0.6) is 11.5 Å². The van der Waals surface area contributed by atoms with E-state index in [-0.39, 0.29) is 24.8 Å². The molecular formula is C35H52O12. The number of hydrogen-bond donors (Lipinski definition) is 0. The van der Waals surface area contributed by atoms with E-state index >= 15 is 0 Å². The number of hydrogen-bond acceptors (Lipinski definition) is 12. The number of benzene rings is 2. The second-order valence-corrected chi connectivity index (χ2v) is 10.3. The lowest BCUT2D eigenvalue weighted by Crippen LogP contribution is -2.11. The van der Waals surface area contributed by atoms with Crippen molar-refractivity contribution in [2.45, 2.75) is 57.8 Å². The van der Waals surface area contributed by atoms with E-state index in [9.17, 15) is 9.59 Å². The average molecular weight is 665 g/mol. The number of unbranched alkanes of at least 4 members (excludes halogenated alkanes) is 4. The molecule has 2 aromatic rings. The first-order valence-corrected chi connectivity index (χ1v) is 16.6. The van der Waals surface area contributed by atoms with Crippen LogP contribution in [0.25, 0.3) is 0 Å². The zero-order valence-corrected chi connectivity index (χ0v) is 27.5. The molecule has 0 amide bonds. The van der Waals surface area contributed by atoms with Gasteiger partial charge in [0.15, 0.2) is 11.5 Å². The highest BCUT2D eigenvalue weighted by molar-refractivity contribution is 5.72. The van der Waals surface area contributed by atoms with Crippen molar-refractivity contribution in [1.29, 1.82) is 0 Å². The standard InChI is InChI=1S/C35H52O12/c36-34(42-22-11-3-9-20-38-24-26-40-28-30-44-46-32-14-5-1-6-15-32)18-13-19-35(37)43-23-12-4-10-21-39-25-27-41-29-31-45-47-33-16-7-2-8-17-33/h1-2,5-8,14-17H,3-4,9-13,18-31H2. The molecule has 0 saturated carbocycles. The lowest BCUT2D eigenvalue weighted by Gasteiger charge is -2.08. The minimum atomic E-state index is -0.292. The molecule has 0 atom stereocenters. The summed E-state index contributed by atoms with van der Waals surface area (Å²) in [6.07, 6.45) is 5.92. The highest BCUT2D eigenvalue weighted by Gasteiger charge is 2.07. The van der Waals surface area contributed by atoms with Gasteiger partial charge in [0, 0.05) is 26.1 Å². The number of ether oxygens (including phenoxy) is 6. The Morgan fingerprint density at radius 2 is 0.745 bits per heavy atom. The Balaban J connectivity index is 1.21. The van der Waals surface area contributed by atoms with Crippen molar-refractivity contribution in [2.24, 2.45) is 0 Å². The molecule has 0 heterocycles. The van der Waals surface area contributed by atoms with E-state index in [1.807, 2.05) is 60.7 Å². The number of rotatable bonds is 32. The van der Waals surface area contributed by atoms with Crippen molar-refractivity contribution in [3.63, 3.8) is 0 Å². The SMILES string of the molecule is O=C(CCCC(=O)OCCCCCOCCOCCOOc1ccccc1)OCCCCCOCCOCCOOc1ccccc1. The van der Waals surface area contributed by atoms with Crippen molar-refractivity contribution < 1.29 is 57.6 Å². The average Bonchev–Trinajstić information content (AvgIpc) is 3.09. The molecule has 0 aliphatic heterocycles. The Morgan fingerprint density at radius 1 is 0.383 bits per heavy atom. The summed E-state index contributed by atoms with van der Waals surface area (Å²) in [5.41, 5.74) is 0. The Hall–Kier alpha value is -3.26. The zero-order chi connectivity index (χ0) is 33.3. The lowest BCUT2D eigenvalue weighted by atomic mass is 10.2. The fourth-order valence-electron chi connectivity index (χ4n) is 3.86. The smallest absolute Gasteiger partial charge is 0.305 e. The monoisotopic (exact) mass is 664 g/mol. The molecule has 0 radical (unpaired) electrons. The molecule has 0 fully saturated rings. The molecule has 0 aromatic heterocycles. The van der Waals surface area contributed by atoms with Crippen LogP contribution in [0.15, 0.2) is 60.7 Å². The molecule has 2 aromatic carbocycles. The molecule has 47 heavy (non-hydrogen) atoms. The minimum absolute atomic E-state index is 0.206. The van der Waals surface area contributed by atoms with Gasteiger partial charge in [-0.2, -0.15) is 9.78 Å². The second kappa shape index (κ2) is 30.1. The van der Waals surface area contributed by atoms with E-state index in [0.29, 0.717) is 97.2 Å². The van der Waals surface area contributed by atoms with Gasteiger partial charge < -0.3 is 38.2 Å². The zero-order valence-electron chi connectivity index (χ0n) is 27.5. The van der Waals surface area contributed by atoms with Crippen molar-refractivity contribution in [2.75, 3.05) is 79.3 Å². The van der Waals surface area contributed by atoms with Crippen LogP contribution in [0, 0.1) is 0 Å². The molecule has 0 unspecified atom stereocenters. The van der Waals surface area contributed by atoms with E-state index in [4.69, 9.17) is 48.0 Å². The summed E-state index contributed by atoms with van der Waals surface area (Å²) in [6.45, 7) is 5.47. The summed E-state index contributed by atoms with van der Waals surface area (Å²) < 4.78 is 32.4. The Bertz CT molecular complexity index is 913. The van der Waals surface area contributed by atoms with Crippen LogP contribution in [0.2, 0.25) is 0 Å². The Morgan fingerprint density at radius 3 is 1.17 bits per heavy atom. The molecule has 0 bridgehead atoms. The van der Waals surface area contributed by atoms with Crippen LogP contribution < -0.4 is 9.78 Å². The van der Waals surface area contributed by atoms with E-state index in [1.54, 1.807) is 0 Å². The molecule has 0 saturated heterocycles. The van der Waals surface area contributed by atoms with Gasteiger partial charge in [0.1, 0.15) is 13.2 Å². The molecule has 0 aliphatic carbocycles. The van der Waals surface area contributed by atoms with Crippen molar-refractivity contribution >= 4 is 11.9 Å². The first-order chi connectivity index (χ1) is 23.2. The largest absolute Gasteiger partial charge is 0.466 e. The predicted octanol–water partition coefficient (Wildman–Crippen LogP) is 5.67. The van der Waals surface area contributed by atoms with Crippen LogP contribution in [0.1, 0.15) is 57.8 Å². The summed E-state index contributed by atoms with van der Waals surface area (Å²) in [5, 5.41) is 0. The summed E-state index contributed by atoms with van der Waals surface area (Å²) in [7, 11) is 0. The highest BCUT2D eigenvalue weighted by atomic mass is 17.2. The molecule has 0 aliphatic rings. The normalized spacial score (nSPS) is 10.9. The summed E-state index contributed by atoms with van der Waals surface area (Å²) in [6, 6.07) is 18.5.